The van der Waals surface area contributed by atoms with E-state index in [1.165, 1.54) is 16.3 Å². The van der Waals surface area contributed by atoms with E-state index >= 15 is 0 Å². The van der Waals surface area contributed by atoms with Gasteiger partial charge in [-0.3, -0.25) is 4.79 Å². The lowest BCUT2D eigenvalue weighted by Gasteiger charge is -2.08. The molecule has 7 nitrogen and oxygen atoms in total. The molecule has 0 aliphatic carbocycles. The molecule has 0 fully saturated rings. The smallest absolute Gasteiger partial charge is 0.302 e. The van der Waals surface area contributed by atoms with E-state index in [0.29, 0.717) is 29.6 Å². The molecule has 0 radical (unpaired) electrons. The highest BCUT2D eigenvalue weighted by molar-refractivity contribution is 7.98. The maximum absolute atomic E-state index is 12.7. The first kappa shape index (κ1) is 15.7. The molecule has 0 amide bonds. The summed E-state index contributed by atoms with van der Waals surface area (Å²) in [6, 6.07) is 9.32. The molecule has 1 aromatic carbocycles. The zero-order chi connectivity index (χ0) is 16.2. The molecule has 0 saturated heterocycles. The molecule has 0 bridgehead atoms. The van der Waals surface area contributed by atoms with Crippen LogP contribution >= 0.6 is 11.8 Å². The highest BCUT2D eigenvalue weighted by atomic mass is 32.2. The molecule has 1 N–H and O–H groups in total. The third kappa shape index (κ3) is 3.13. The predicted octanol–water partition coefficient (Wildman–Crippen LogP) is 1.45. The van der Waals surface area contributed by atoms with Crippen LogP contribution in [0.4, 0.5) is 0 Å². The van der Waals surface area contributed by atoms with Crippen molar-refractivity contribution in [3.63, 3.8) is 0 Å². The number of benzene rings is 1. The van der Waals surface area contributed by atoms with Crippen LogP contribution in [0.2, 0.25) is 0 Å². The Morgan fingerprint density at radius 3 is 2.65 bits per heavy atom. The summed E-state index contributed by atoms with van der Waals surface area (Å²) in [7, 11) is 0. The number of rotatable bonds is 6. The van der Waals surface area contributed by atoms with E-state index < -0.39 is 0 Å². The molecular formula is C15H17N5O2S. The molecule has 8 heteroatoms. The van der Waals surface area contributed by atoms with Crippen LogP contribution in [0.1, 0.15) is 12.8 Å². The predicted molar refractivity (Wildman–Crippen MR) is 88.6 cm³/mol. The Kier molecular flexibility index (Phi) is 4.73. The van der Waals surface area contributed by atoms with Gasteiger partial charge in [0.2, 0.25) is 5.16 Å². The minimum absolute atomic E-state index is 0.130. The van der Waals surface area contributed by atoms with Crippen molar-refractivity contribution in [1.29, 1.82) is 0 Å². The van der Waals surface area contributed by atoms with Crippen molar-refractivity contribution in [2.45, 2.75) is 24.5 Å². The average molecular weight is 331 g/mol. The second kappa shape index (κ2) is 6.93. The maximum atomic E-state index is 12.7. The number of thioether (sulfide) groups is 1. The molecule has 0 aliphatic rings. The third-order valence-electron chi connectivity index (χ3n) is 3.42. The van der Waals surface area contributed by atoms with Crippen LogP contribution < -0.4 is 5.56 Å². The molecule has 0 atom stereocenters. The topological polar surface area (TPSA) is 85.3 Å². The van der Waals surface area contributed by atoms with Gasteiger partial charge in [-0.25, -0.2) is 4.68 Å². The number of hydrogen-bond acceptors (Lipinski definition) is 6. The monoisotopic (exact) mass is 331 g/mol. The van der Waals surface area contributed by atoms with Crippen molar-refractivity contribution in [2.24, 2.45) is 0 Å². The average Bonchev–Trinajstić information content (AvgIpc) is 3.03. The highest BCUT2D eigenvalue weighted by Crippen LogP contribution is 2.15. The first-order valence-corrected chi connectivity index (χ1v) is 8.55. The van der Waals surface area contributed by atoms with Gasteiger partial charge < -0.3 is 5.11 Å². The second-order valence-corrected chi connectivity index (χ2v) is 5.76. The Bertz CT molecular complexity index is 859. The van der Waals surface area contributed by atoms with Gasteiger partial charge in [0.05, 0.1) is 0 Å². The van der Waals surface area contributed by atoms with Crippen molar-refractivity contribution in [2.75, 3.05) is 12.9 Å². The Hall–Kier alpha value is -2.19. The second-order valence-electron chi connectivity index (χ2n) is 4.98. The number of unbranched alkanes of at least 4 members (excludes halogenated alkanes) is 1. The Morgan fingerprint density at radius 1 is 1.17 bits per heavy atom. The van der Waals surface area contributed by atoms with Crippen molar-refractivity contribution in [3.8, 4) is 11.3 Å². The van der Waals surface area contributed by atoms with E-state index in [2.05, 4.69) is 15.2 Å². The highest BCUT2D eigenvalue weighted by Gasteiger charge is 2.16. The summed E-state index contributed by atoms with van der Waals surface area (Å²) in [6.07, 6.45) is 3.28. The molecule has 2 heterocycles. The van der Waals surface area contributed by atoms with Gasteiger partial charge in [0.25, 0.3) is 5.78 Å². The Morgan fingerprint density at radius 2 is 1.96 bits per heavy atom. The summed E-state index contributed by atoms with van der Waals surface area (Å²) in [5.74, 6) is 0.428. The number of aliphatic hydroxyl groups excluding tert-OH is 1. The standard InChI is InChI=1S/C15H17N5O2S/c1-23-14-16-15-19(9-5-6-10-21)17-12(13(22)20(15)18-14)11-7-3-2-4-8-11/h2-4,7-8,21H,5-6,9-10H2,1H3. The zero-order valence-electron chi connectivity index (χ0n) is 12.7. The molecule has 0 saturated carbocycles. The molecule has 23 heavy (non-hydrogen) atoms. The van der Waals surface area contributed by atoms with Crippen molar-refractivity contribution in [3.05, 3.63) is 40.7 Å². The van der Waals surface area contributed by atoms with Gasteiger partial charge in [-0.15, -0.1) is 5.10 Å². The zero-order valence-corrected chi connectivity index (χ0v) is 13.5. The van der Waals surface area contributed by atoms with Gasteiger partial charge in [-0.2, -0.15) is 14.6 Å². The van der Waals surface area contributed by atoms with E-state index in [9.17, 15) is 4.79 Å². The van der Waals surface area contributed by atoms with Crippen LogP contribution in [0.25, 0.3) is 17.0 Å². The SMILES string of the molecule is CSc1nc2n(CCCCO)nc(-c3ccccc3)c(=O)n2n1. The van der Waals surface area contributed by atoms with Gasteiger partial charge in [-0.1, -0.05) is 42.1 Å². The fourth-order valence-electron chi connectivity index (χ4n) is 2.28. The van der Waals surface area contributed by atoms with Crippen molar-refractivity contribution in [1.82, 2.24) is 24.4 Å². The van der Waals surface area contributed by atoms with Crippen molar-refractivity contribution < 1.29 is 5.11 Å². The molecule has 2 aromatic heterocycles. The summed E-state index contributed by atoms with van der Waals surface area (Å²) in [6.45, 7) is 0.696. The number of nitrogens with zero attached hydrogens (tertiary/aromatic N) is 5. The number of aryl methyl sites for hydroxylation is 1. The first-order chi connectivity index (χ1) is 11.2. The fraction of sp³-hybridized carbons (Fsp3) is 0.333. The summed E-state index contributed by atoms with van der Waals surface area (Å²) in [5, 5.41) is 18.2. The number of aliphatic hydroxyl groups is 1. The first-order valence-electron chi connectivity index (χ1n) is 7.32. The summed E-state index contributed by atoms with van der Waals surface area (Å²) in [5.41, 5.74) is 0.813. The van der Waals surface area contributed by atoms with Gasteiger partial charge in [0.1, 0.15) is 0 Å². The number of fused-ring (bicyclic) bond motifs is 1. The fourth-order valence-corrected chi connectivity index (χ4v) is 2.62. The van der Waals surface area contributed by atoms with E-state index in [1.807, 2.05) is 36.6 Å². The normalized spacial score (nSPS) is 11.2. The van der Waals surface area contributed by atoms with Gasteiger partial charge in [0, 0.05) is 18.7 Å². The molecular weight excluding hydrogens is 314 g/mol. The Balaban J connectivity index is 2.17. The van der Waals surface area contributed by atoms with Gasteiger partial charge >= 0.3 is 5.56 Å². The van der Waals surface area contributed by atoms with Crippen LogP contribution in [0, 0.1) is 0 Å². The molecule has 0 spiro atoms. The quantitative estimate of drug-likeness (QED) is 0.543. The molecule has 120 valence electrons. The number of hydrogen-bond donors (Lipinski definition) is 1. The van der Waals surface area contributed by atoms with Crippen LogP contribution in [0.5, 0.6) is 0 Å². The van der Waals surface area contributed by atoms with Crippen molar-refractivity contribution >= 4 is 17.5 Å². The van der Waals surface area contributed by atoms with E-state index in [0.717, 1.165) is 12.0 Å². The van der Waals surface area contributed by atoms with Gasteiger partial charge in [0.15, 0.2) is 5.69 Å². The van der Waals surface area contributed by atoms with Gasteiger partial charge in [-0.05, 0) is 19.1 Å². The summed E-state index contributed by atoms with van der Waals surface area (Å²) >= 11 is 1.38. The summed E-state index contributed by atoms with van der Waals surface area (Å²) < 4.78 is 2.99. The third-order valence-corrected chi connectivity index (χ3v) is 3.96. The lowest BCUT2D eigenvalue weighted by molar-refractivity contribution is 0.280. The lowest BCUT2D eigenvalue weighted by Crippen LogP contribution is -2.24. The minimum Gasteiger partial charge on any atom is -0.396 e. The largest absolute Gasteiger partial charge is 0.396 e. The molecule has 3 aromatic rings. The van der Waals surface area contributed by atoms with Crippen LogP contribution in [-0.2, 0) is 6.54 Å². The van der Waals surface area contributed by atoms with E-state index in [-0.39, 0.29) is 12.2 Å². The van der Waals surface area contributed by atoms with Crippen LogP contribution in [0.3, 0.4) is 0 Å². The van der Waals surface area contributed by atoms with Crippen LogP contribution in [0.15, 0.2) is 40.3 Å². The van der Waals surface area contributed by atoms with E-state index in [1.54, 1.807) is 4.68 Å². The molecule has 3 rings (SSSR count). The maximum Gasteiger partial charge on any atom is 0.302 e. The minimum atomic E-state index is -0.280. The Labute approximate surface area is 137 Å². The number of aromatic nitrogens is 5. The molecule has 0 unspecified atom stereocenters. The molecule has 0 aliphatic heterocycles. The van der Waals surface area contributed by atoms with Crippen LogP contribution in [-0.4, -0.2) is 42.3 Å². The van der Waals surface area contributed by atoms with E-state index in [4.69, 9.17) is 5.11 Å². The summed E-state index contributed by atoms with van der Waals surface area (Å²) in [4.78, 5) is 17.0. The lowest BCUT2D eigenvalue weighted by atomic mass is 10.2.